The summed E-state index contributed by atoms with van der Waals surface area (Å²) in [6.07, 6.45) is 5.38. The van der Waals surface area contributed by atoms with Crippen molar-refractivity contribution >= 4 is 27.5 Å². The third kappa shape index (κ3) is 6.22. The van der Waals surface area contributed by atoms with Gasteiger partial charge in [-0.25, -0.2) is 0 Å². The van der Waals surface area contributed by atoms with Gasteiger partial charge in [-0.1, -0.05) is 40.1 Å². The van der Waals surface area contributed by atoms with Crippen LogP contribution in [0.2, 0.25) is 0 Å². The Hall–Kier alpha value is -0.810. The van der Waals surface area contributed by atoms with Crippen LogP contribution in [0, 0.1) is 0 Å². The zero-order valence-corrected chi connectivity index (χ0v) is 14.1. The Balaban J connectivity index is 1.56. The van der Waals surface area contributed by atoms with Crippen molar-refractivity contribution in [3.05, 3.63) is 29.8 Å². The average Bonchev–Trinajstić information content (AvgIpc) is 3.03. The molecule has 1 atom stereocenters. The highest BCUT2D eigenvalue weighted by Crippen LogP contribution is 2.39. The predicted molar refractivity (Wildman–Crippen MR) is 91.8 cm³/mol. The van der Waals surface area contributed by atoms with Crippen molar-refractivity contribution in [2.75, 3.05) is 12.9 Å². The average molecular weight is 325 g/mol. The van der Waals surface area contributed by atoms with Crippen LogP contribution in [0.4, 0.5) is 0 Å². The molecule has 0 aliphatic carbocycles. The Bertz CT molecular complexity index is 430. The molecule has 0 saturated carbocycles. The van der Waals surface area contributed by atoms with Gasteiger partial charge in [0.25, 0.3) is 0 Å². The molecule has 0 radical (unpaired) electrons. The van der Waals surface area contributed by atoms with Crippen LogP contribution in [-0.4, -0.2) is 24.0 Å². The zero-order chi connectivity index (χ0) is 14.9. The standard InChI is InChI=1S/C16H23NO2S2/c1-19-14-8-6-13(7-9-14)12-17-16(18)5-3-2-4-15-10-11-20-21-15/h6-9,15H,2-5,10-12H2,1H3,(H,17,18)/t15-/m0/s1. The maximum Gasteiger partial charge on any atom is 0.220 e. The second-order valence-electron chi connectivity index (χ2n) is 5.20. The summed E-state index contributed by atoms with van der Waals surface area (Å²) in [5, 5.41) is 3.79. The van der Waals surface area contributed by atoms with Gasteiger partial charge >= 0.3 is 0 Å². The van der Waals surface area contributed by atoms with Gasteiger partial charge in [0, 0.05) is 24.0 Å². The van der Waals surface area contributed by atoms with Gasteiger partial charge < -0.3 is 10.1 Å². The summed E-state index contributed by atoms with van der Waals surface area (Å²) in [5.41, 5.74) is 1.10. The predicted octanol–water partition coefficient (Wildman–Crippen LogP) is 4.03. The van der Waals surface area contributed by atoms with Crippen molar-refractivity contribution in [1.82, 2.24) is 5.32 Å². The molecular weight excluding hydrogens is 302 g/mol. The molecule has 116 valence electrons. The summed E-state index contributed by atoms with van der Waals surface area (Å²) < 4.78 is 5.11. The first-order valence-corrected chi connectivity index (χ1v) is 9.84. The topological polar surface area (TPSA) is 38.3 Å². The highest BCUT2D eigenvalue weighted by atomic mass is 33.1. The van der Waals surface area contributed by atoms with Gasteiger partial charge in [0.05, 0.1) is 7.11 Å². The molecule has 1 saturated heterocycles. The van der Waals surface area contributed by atoms with Gasteiger partial charge in [-0.15, -0.1) is 0 Å². The second kappa shape index (κ2) is 9.26. The monoisotopic (exact) mass is 325 g/mol. The van der Waals surface area contributed by atoms with Crippen LogP contribution in [0.15, 0.2) is 24.3 Å². The number of unbranched alkanes of at least 4 members (excludes halogenated alkanes) is 1. The van der Waals surface area contributed by atoms with Crippen molar-refractivity contribution in [3.8, 4) is 5.75 Å². The maximum absolute atomic E-state index is 11.8. The van der Waals surface area contributed by atoms with Crippen molar-refractivity contribution in [1.29, 1.82) is 0 Å². The van der Waals surface area contributed by atoms with Crippen LogP contribution in [0.3, 0.4) is 0 Å². The van der Waals surface area contributed by atoms with Gasteiger partial charge in [0.1, 0.15) is 5.75 Å². The molecule has 0 bridgehead atoms. The molecule has 2 rings (SSSR count). The highest BCUT2D eigenvalue weighted by molar-refractivity contribution is 8.77. The molecule has 1 N–H and O–H groups in total. The second-order valence-corrected chi connectivity index (χ2v) is 7.99. The number of nitrogens with one attached hydrogen (secondary N) is 1. The first-order valence-electron chi connectivity index (χ1n) is 7.46. The minimum atomic E-state index is 0.152. The highest BCUT2D eigenvalue weighted by Gasteiger charge is 2.15. The Kier molecular flexibility index (Phi) is 7.30. The van der Waals surface area contributed by atoms with Gasteiger partial charge in [-0.05, 0) is 37.0 Å². The number of carbonyl (C=O) groups excluding carboxylic acids is 1. The SMILES string of the molecule is COc1ccc(CNC(=O)CCCC[C@H]2CCSS2)cc1. The Morgan fingerprint density at radius 1 is 1.33 bits per heavy atom. The van der Waals surface area contributed by atoms with Gasteiger partial charge in [-0.2, -0.15) is 0 Å². The summed E-state index contributed by atoms with van der Waals surface area (Å²) in [5.74, 6) is 2.28. The fourth-order valence-corrected chi connectivity index (χ4v) is 5.28. The number of amides is 1. The Morgan fingerprint density at radius 2 is 2.14 bits per heavy atom. The summed E-state index contributed by atoms with van der Waals surface area (Å²) >= 11 is 0. The van der Waals surface area contributed by atoms with E-state index in [4.69, 9.17) is 4.74 Å². The van der Waals surface area contributed by atoms with Crippen LogP contribution in [0.1, 0.15) is 37.7 Å². The molecule has 0 unspecified atom stereocenters. The van der Waals surface area contributed by atoms with E-state index in [1.807, 2.05) is 45.9 Å². The molecule has 0 spiro atoms. The van der Waals surface area contributed by atoms with E-state index in [-0.39, 0.29) is 5.91 Å². The summed E-state index contributed by atoms with van der Waals surface area (Å²) in [6, 6.07) is 7.79. The molecule has 1 heterocycles. The van der Waals surface area contributed by atoms with Gasteiger partial charge in [0.15, 0.2) is 0 Å². The first kappa shape index (κ1) is 16.6. The number of benzene rings is 1. The molecule has 1 amide bonds. The normalized spacial score (nSPS) is 17.7. The molecule has 21 heavy (non-hydrogen) atoms. The fraction of sp³-hybridized carbons (Fsp3) is 0.562. The van der Waals surface area contributed by atoms with Crippen molar-refractivity contribution in [2.45, 2.75) is 43.9 Å². The van der Waals surface area contributed by atoms with Crippen LogP contribution in [-0.2, 0) is 11.3 Å². The van der Waals surface area contributed by atoms with E-state index < -0.39 is 0 Å². The minimum absolute atomic E-state index is 0.152. The quantitative estimate of drug-likeness (QED) is 0.578. The van der Waals surface area contributed by atoms with Crippen LogP contribution < -0.4 is 10.1 Å². The van der Waals surface area contributed by atoms with Gasteiger partial charge in [-0.3, -0.25) is 4.79 Å². The number of methoxy groups -OCH3 is 1. The molecule has 1 fully saturated rings. The number of ether oxygens (including phenoxy) is 1. The fourth-order valence-electron chi connectivity index (χ4n) is 2.25. The lowest BCUT2D eigenvalue weighted by atomic mass is 10.1. The lowest BCUT2D eigenvalue weighted by Gasteiger charge is -2.08. The molecule has 1 aliphatic rings. The largest absolute Gasteiger partial charge is 0.497 e. The molecule has 1 aromatic rings. The Morgan fingerprint density at radius 3 is 2.81 bits per heavy atom. The lowest BCUT2D eigenvalue weighted by molar-refractivity contribution is -0.121. The third-order valence-electron chi connectivity index (χ3n) is 3.56. The minimum Gasteiger partial charge on any atom is -0.497 e. The van der Waals surface area contributed by atoms with E-state index in [2.05, 4.69) is 5.32 Å². The van der Waals surface area contributed by atoms with E-state index in [0.717, 1.165) is 29.4 Å². The van der Waals surface area contributed by atoms with Crippen molar-refractivity contribution in [3.63, 3.8) is 0 Å². The number of rotatable bonds is 8. The van der Waals surface area contributed by atoms with E-state index >= 15 is 0 Å². The van der Waals surface area contributed by atoms with Crippen LogP contribution in [0.5, 0.6) is 5.75 Å². The summed E-state index contributed by atoms with van der Waals surface area (Å²) in [6.45, 7) is 0.595. The molecule has 1 aliphatic heterocycles. The number of hydrogen-bond donors (Lipinski definition) is 1. The molecule has 5 heteroatoms. The molecular formula is C16H23NO2S2. The summed E-state index contributed by atoms with van der Waals surface area (Å²) in [4.78, 5) is 11.8. The third-order valence-corrected chi connectivity index (χ3v) is 6.56. The van der Waals surface area contributed by atoms with Crippen LogP contribution >= 0.6 is 21.6 Å². The van der Waals surface area contributed by atoms with Crippen molar-refractivity contribution in [2.24, 2.45) is 0 Å². The molecule has 3 nitrogen and oxygen atoms in total. The van der Waals surface area contributed by atoms with Gasteiger partial charge in [0.2, 0.25) is 5.91 Å². The van der Waals surface area contributed by atoms with E-state index in [1.54, 1.807) is 7.11 Å². The summed E-state index contributed by atoms with van der Waals surface area (Å²) in [7, 11) is 5.65. The van der Waals surface area contributed by atoms with E-state index in [9.17, 15) is 4.79 Å². The zero-order valence-electron chi connectivity index (χ0n) is 12.5. The van der Waals surface area contributed by atoms with Crippen LogP contribution in [0.25, 0.3) is 0 Å². The lowest BCUT2D eigenvalue weighted by Crippen LogP contribution is -2.22. The maximum atomic E-state index is 11.8. The molecule has 0 aromatic heterocycles. The number of carbonyl (C=O) groups is 1. The number of hydrogen-bond acceptors (Lipinski definition) is 4. The smallest absolute Gasteiger partial charge is 0.220 e. The Labute approximate surface area is 135 Å². The van der Waals surface area contributed by atoms with E-state index in [0.29, 0.717) is 13.0 Å². The van der Waals surface area contributed by atoms with E-state index in [1.165, 1.54) is 18.6 Å². The van der Waals surface area contributed by atoms with Crippen molar-refractivity contribution < 1.29 is 9.53 Å². The first-order chi connectivity index (χ1) is 10.3. The molecule has 1 aromatic carbocycles.